The first-order valence-corrected chi connectivity index (χ1v) is 5.47. The minimum absolute atomic E-state index is 0.0795. The van der Waals surface area contributed by atoms with Gasteiger partial charge in [0.15, 0.2) is 5.78 Å². The van der Waals surface area contributed by atoms with Crippen molar-refractivity contribution >= 4 is 5.78 Å². The first-order valence-electron chi connectivity index (χ1n) is 5.47. The van der Waals surface area contributed by atoms with Crippen LogP contribution in [0.4, 0.5) is 0 Å². The van der Waals surface area contributed by atoms with Crippen LogP contribution in [0.25, 0.3) is 0 Å². The predicted molar refractivity (Wildman–Crippen MR) is 64.0 cm³/mol. The van der Waals surface area contributed by atoms with E-state index in [1.807, 2.05) is 0 Å². The number of phenolic OH excluding ortho intramolecular Hbond substituents is 1. The molecule has 0 heterocycles. The summed E-state index contributed by atoms with van der Waals surface area (Å²) >= 11 is 0. The Morgan fingerprint density at radius 2 is 2.00 bits per heavy atom. The predicted octanol–water partition coefficient (Wildman–Crippen LogP) is 1.79. The average Bonchev–Trinajstić information content (AvgIpc) is 2.14. The van der Waals surface area contributed by atoms with Gasteiger partial charge in [0, 0.05) is 6.42 Å². The van der Waals surface area contributed by atoms with Crippen LogP contribution in [0.3, 0.4) is 0 Å². The van der Waals surface area contributed by atoms with E-state index in [9.17, 15) is 20.1 Å². The summed E-state index contributed by atoms with van der Waals surface area (Å²) in [6, 6.07) is 4.38. The Labute approximate surface area is 101 Å². The monoisotopic (exact) mass is 238 g/mol. The summed E-state index contributed by atoms with van der Waals surface area (Å²) in [5, 5.41) is 28.6. The highest BCUT2D eigenvalue weighted by molar-refractivity contribution is 5.99. The molecular formula is C13H18O4. The molecular weight excluding hydrogens is 220 g/mol. The zero-order chi connectivity index (χ0) is 13.2. The molecule has 0 fully saturated rings. The highest BCUT2D eigenvalue weighted by Crippen LogP contribution is 2.25. The molecule has 0 aliphatic rings. The fourth-order valence-corrected chi connectivity index (χ4v) is 1.52. The summed E-state index contributed by atoms with van der Waals surface area (Å²) in [6.45, 7) is 4.64. The number of Topliss-reactive ketones (excluding diaryl/α,β-unsaturated/α-hetero) is 1. The molecule has 1 rings (SSSR count). The van der Waals surface area contributed by atoms with Crippen molar-refractivity contribution in [2.24, 2.45) is 0 Å². The maximum absolute atomic E-state index is 11.9. The van der Waals surface area contributed by atoms with Crippen LogP contribution in [0.5, 0.6) is 5.75 Å². The number of carbonyl (C=O) groups excluding carboxylic acids is 1. The normalized spacial score (nSPS) is 13.5. The number of aliphatic hydroxyl groups is 2. The van der Waals surface area contributed by atoms with Crippen LogP contribution in [0, 0.1) is 0 Å². The lowest BCUT2D eigenvalue weighted by Crippen LogP contribution is -2.23. The van der Waals surface area contributed by atoms with Gasteiger partial charge in [0.2, 0.25) is 0 Å². The number of rotatable bonds is 4. The zero-order valence-corrected chi connectivity index (χ0v) is 10.3. The second-order valence-electron chi connectivity index (χ2n) is 4.86. The van der Waals surface area contributed by atoms with Crippen LogP contribution in [-0.2, 0) is 0 Å². The van der Waals surface area contributed by atoms with Crippen molar-refractivity contribution in [1.29, 1.82) is 0 Å². The third-order valence-corrected chi connectivity index (χ3v) is 2.40. The van der Waals surface area contributed by atoms with E-state index in [0.29, 0.717) is 5.56 Å². The molecule has 1 aromatic rings. The maximum Gasteiger partial charge on any atom is 0.169 e. The standard InChI is InChI=1S/C13H18O4/c1-8(14)9-4-5-11(15)10(6-9)12(16)7-13(2,3)17/h4-6,8,14-15,17H,7H2,1-3H3/t8-/m1/s1. The Balaban J connectivity index is 3.04. The summed E-state index contributed by atoms with van der Waals surface area (Å²) < 4.78 is 0. The fraction of sp³-hybridized carbons (Fsp3) is 0.462. The van der Waals surface area contributed by atoms with Crippen LogP contribution in [0.2, 0.25) is 0 Å². The lowest BCUT2D eigenvalue weighted by molar-refractivity contribution is 0.0586. The van der Waals surface area contributed by atoms with E-state index in [4.69, 9.17) is 0 Å². The van der Waals surface area contributed by atoms with Crippen molar-refractivity contribution in [2.45, 2.75) is 38.9 Å². The summed E-state index contributed by atoms with van der Waals surface area (Å²) in [5.41, 5.74) is -0.433. The number of hydrogen-bond acceptors (Lipinski definition) is 4. The Morgan fingerprint density at radius 3 is 2.47 bits per heavy atom. The second kappa shape index (κ2) is 4.85. The van der Waals surface area contributed by atoms with E-state index in [2.05, 4.69) is 0 Å². The van der Waals surface area contributed by atoms with Gasteiger partial charge in [0.1, 0.15) is 5.75 Å². The summed E-state index contributed by atoms with van der Waals surface area (Å²) in [6.07, 6.45) is -0.784. The minimum atomic E-state index is -1.12. The van der Waals surface area contributed by atoms with Gasteiger partial charge >= 0.3 is 0 Å². The van der Waals surface area contributed by atoms with Crippen molar-refractivity contribution in [3.8, 4) is 5.75 Å². The van der Waals surface area contributed by atoms with E-state index < -0.39 is 11.7 Å². The number of ketones is 1. The van der Waals surface area contributed by atoms with E-state index >= 15 is 0 Å². The van der Waals surface area contributed by atoms with Crippen molar-refractivity contribution in [3.05, 3.63) is 29.3 Å². The van der Waals surface area contributed by atoms with Gasteiger partial charge in [-0.05, 0) is 38.5 Å². The molecule has 0 spiro atoms. The molecule has 0 aromatic heterocycles. The number of hydrogen-bond donors (Lipinski definition) is 3. The van der Waals surface area contributed by atoms with Gasteiger partial charge in [-0.15, -0.1) is 0 Å². The number of aromatic hydroxyl groups is 1. The minimum Gasteiger partial charge on any atom is -0.507 e. The highest BCUT2D eigenvalue weighted by Gasteiger charge is 2.21. The lowest BCUT2D eigenvalue weighted by Gasteiger charge is -2.16. The Hall–Kier alpha value is -1.39. The zero-order valence-electron chi connectivity index (χ0n) is 10.3. The quantitative estimate of drug-likeness (QED) is 0.699. The van der Waals surface area contributed by atoms with Gasteiger partial charge in [-0.2, -0.15) is 0 Å². The number of benzene rings is 1. The Bertz CT molecular complexity index is 416. The molecule has 0 saturated carbocycles. The molecule has 0 saturated heterocycles. The average molecular weight is 238 g/mol. The van der Waals surface area contributed by atoms with Gasteiger partial charge in [0.05, 0.1) is 17.3 Å². The molecule has 4 heteroatoms. The molecule has 17 heavy (non-hydrogen) atoms. The van der Waals surface area contributed by atoms with Crippen molar-refractivity contribution in [2.75, 3.05) is 0 Å². The number of carbonyl (C=O) groups is 1. The van der Waals surface area contributed by atoms with Gasteiger partial charge in [-0.1, -0.05) is 6.07 Å². The van der Waals surface area contributed by atoms with Crippen molar-refractivity contribution in [1.82, 2.24) is 0 Å². The van der Waals surface area contributed by atoms with E-state index in [0.717, 1.165) is 0 Å². The Kier molecular flexibility index (Phi) is 3.91. The molecule has 0 aliphatic heterocycles. The molecule has 1 atom stereocenters. The smallest absolute Gasteiger partial charge is 0.169 e. The molecule has 0 aliphatic carbocycles. The van der Waals surface area contributed by atoms with Gasteiger partial charge < -0.3 is 15.3 Å². The second-order valence-corrected chi connectivity index (χ2v) is 4.86. The molecule has 4 nitrogen and oxygen atoms in total. The van der Waals surface area contributed by atoms with Gasteiger partial charge in [-0.25, -0.2) is 0 Å². The lowest BCUT2D eigenvalue weighted by atomic mass is 9.95. The molecule has 3 N–H and O–H groups in total. The summed E-state index contributed by atoms with van der Waals surface area (Å²) in [5.74, 6) is -0.485. The van der Waals surface area contributed by atoms with Gasteiger partial charge in [-0.3, -0.25) is 4.79 Å². The van der Waals surface area contributed by atoms with Crippen LogP contribution < -0.4 is 0 Å². The van der Waals surface area contributed by atoms with Crippen LogP contribution in [-0.4, -0.2) is 26.7 Å². The van der Waals surface area contributed by atoms with Crippen LogP contribution in [0.15, 0.2) is 18.2 Å². The highest BCUT2D eigenvalue weighted by atomic mass is 16.3. The first kappa shape index (κ1) is 13.7. The van der Waals surface area contributed by atoms with Crippen LogP contribution >= 0.6 is 0 Å². The molecule has 0 radical (unpaired) electrons. The molecule has 0 bridgehead atoms. The Morgan fingerprint density at radius 1 is 1.41 bits per heavy atom. The van der Waals surface area contributed by atoms with E-state index in [1.54, 1.807) is 13.0 Å². The number of aliphatic hydroxyl groups excluding tert-OH is 1. The largest absolute Gasteiger partial charge is 0.507 e. The van der Waals surface area contributed by atoms with Crippen LogP contribution in [0.1, 0.15) is 49.2 Å². The fourth-order valence-electron chi connectivity index (χ4n) is 1.52. The molecule has 0 amide bonds. The third-order valence-electron chi connectivity index (χ3n) is 2.40. The topological polar surface area (TPSA) is 77.8 Å². The summed E-state index contributed by atoms with van der Waals surface area (Å²) in [4.78, 5) is 11.9. The van der Waals surface area contributed by atoms with Crippen molar-refractivity contribution < 1.29 is 20.1 Å². The maximum atomic E-state index is 11.9. The molecule has 1 aromatic carbocycles. The summed E-state index contributed by atoms with van der Waals surface area (Å²) in [7, 11) is 0. The SMILES string of the molecule is C[C@@H](O)c1ccc(O)c(C(=O)CC(C)(C)O)c1. The van der Waals surface area contributed by atoms with E-state index in [1.165, 1.54) is 26.0 Å². The molecule has 94 valence electrons. The third kappa shape index (κ3) is 3.84. The van der Waals surface area contributed by atoms with Crippen molar-refractivity contribution in [3.63, 3.8) is 0 Å². The van der Waals surface area contributed by atoms with E-state index in [-0.39, 0.29) is 23.5 Å². The van der Waals surface area contributed by atoms with Gasteiger partial charge in [0.25, 0.3) is 0 Å². The molecule has 0 unspecified atom stereocenters. The number of phenols is 1. The first-order chi connectivity index (χ1) is 7.70.